The van der Waals surface area contributed by atoms with Gasteiger partial charge in [-0.3, -0.25) is 4.79 Å². The van der Waals surface area contributed by atoms with Crippen LogP contribution in [0.1, 0.15) is 30.6 Å². The van der Waals surface area contributed by atoms with E-state index in [0.29, 0.717) is 38.1 Å². The summed E-state index contributed by atoms with van der Waals surface area (Å²) >= 11 is 0. The number of rotatable bonds is 8. The van der Waals surface area contributed by atoms with Gasteiger partial charge in [0.2, 0.25) is 15.9 Å². The van der Waals surface area contributed by atoms with E-state index in [-0.39, 0.29) is 24.1 Å². The summed E-state index contributed by atoms with van der Waals surface area (Å²) in [6, 6.07) is 13.4. The third kappa shape index (κ3) is 5.68. The van der Waals surface area contributed by atoms with E-state index in [9.17, 15) is 13.2 Å². The molecular formula is C20H26N2O4S. The van der Waals surface area contributed by atoms with Crippen LogP contribution in [-0.4, -0.2) is 37.5 Å². The molecule has 2 heterocycles. The first-order valence-corrected chi connectivity index (χ1v) is 11.0. The van der Waals surface area contributed by atoms with Crippen molar-refractivity contribution in [1.29, 1.82) is 0 Å². The molecule has 0 aliphatic carbocycles. The summed E-state index contributed by atoms with van der Waals surface area (Å²) in [4.78, 5) is 12.4. The molecule has 0 radical (unpaired) electrons. The molecule has 2 aromatic rings. The van der Waals surface area contributed by atoms with Gasteiger partial charge in [0.05, 0.1) is 24.5 Å². The van der Waals surface area contributed by atoms with Gasteiger partial charge in [-0.2, -0.15) is 0 Å². The molecule has 27 heavy (non-hydrogen) atoms. The number of furan rings is 1. The fraction of sp³-hybridized carbons (Fsp3) is 0.450. The number of carbonyl (C=O) groups is 1. The van der Waals surface area contributed by atoms with Crippen LogP contribution in [0, 0.1) is 5.92 Å². The highest BCUT2D eigenvalue weighted by atomic mass is 32.2. The predicted octanol–water partition coefficient (Wildman–Crippen LogP) is 2.57. The molecule has 1 atom stereocenters. The van der Waals surface area contributed by atoms with Gasteiger partial charge < -0.3 is 9.73 Å². The number of amides is 1. The van der Waals surface area contributed by atoms with Crippen LogP contribution in [0.3, 0.4) is 0 Å². The van der Waals surface area contributed by atoms with Gasteiger partial charge in [0.1, 0.15) is 5.76 Å². The van der Waals surface area contributed by atoms with Crippen molar-refractivity contribution in [2.75, 3.05) is 18.8 Å². The van der Waals surface area contributed by atoms with E-state index in [0.717, 1.165) is 12.0 Å². The standard InChI is InChI=1S/C20H26N2O4S/c23-20(21-15-19-11-5-13-26-19)18-10-4-12-22(16-18)27(24,25)14-6-9-17-7-2-1-3-8-17/h1-3,5,7-8,11,13,18H,4,6,9-10,12,14-16H2,(H,21,23)/t18-/m1/s1. The maximum atomic E-state index is 12.7. The van der Waals surface area contributed by atoms with E-state index >= 15 is 0 Å². The molecule has 0 spiro atoms. The monoisotopic (exact) mass is 390 g/mol. The largest absolute Gasteiger partial charge is 0.467 e. The van der Waals surface area contributed by atoms with Crippen molar-refractivity contribution in [1.82, 2.24) is 9.62 Å². The van der Waals surface area contributed by atoms with Crippen molar-refractivity contribution in [2.45, 2.75) is 32.2 Å². The highest BCUT2D eigenvalue weighted by Gasteiger charge is 2.31. The lowest BCUT2D eigenvalue weighted by Crippen LogP contribution is -2.46. The molecule has 1 N–H and O–H groups in total. The zero-order valence-electron chi connectivity index (χ0n) is 15.3. The molecular weight excluding hydrogens is 364 g/mol. The lowest BCUT2D eigenvalue weighted by atomic mass is 9.99. The Labute approximate surface area is 160 Å². The number of nitrogens with one attached hydrogen (secondary N) is 1. The van der Waals surface area contributed by atoms with Gasteiger partial charge in [0.15, 0.2) is 0 Å². The topological polar surface area (TPSA) is 79.6 Å². The minimum atomic E-state index is -3.34. The first-order valence-electron chi connectivity index (χ1n) is 9.36. The molecule has 0 bridgehead atoms. The second kappa shape index (κ2) is 9.19. The molecule has 1 aliphatic heterocycles. The van der Waals surface area contributed by atoms with Crippen molar-refractivity contribution in [3.63, 3.8) is 0 Å². The summed E-state index contributed by atoms with van der Waals surface area (Å²) in [7, 11) is -3.34. The van der Waals surface area contributed by atoms with Crippen molar-refractivity contribution in [2.24, 2.45) is 5.92 Å². The average molecular weight is 391 g/mol. The second-order valence-corrected chi connectivity index (χ2v) is 8.99. The number of hydrogen-bond donors (Lipinski definition) is 1. The zero-order valence-corrected chi connectivity index (χ0v) is 16.2. The zero-order chi connectivity index (χ0) is 19.1. The quantitative estimate of drug-likeness (QED) is 0.751. The van der Waals surface area contributed by atoms with Crippen LogP contribution in [0.5, 0.6) is 0 Å². The Hall–Kier alpha value is -2.12. The molecule has 1 amide bonds. The fourth-order valence-electron chi connectivity index (χ4n) is 3.37. The number of nitrogens with zero attached hydrogens (tertiary/aromatic N) is 1. The summed E-state index contributed by atoms with van der Waals surface area (Å²) in [5.41, 5.74) is 1.14. The Morgan fingerprint density at radius 3 is 2.74 bits per heavy atom. The molecule has 7 heteroatoms. The van der Waals surface area contributed by atoms with Crippen LogP contribution >= 0.6 is 0 Å². The van der Waals surface area contributed by atoms with Gasteiger partial charge in [-0.1, -0.05) is 30.3 Å². The molecule has 1 saturated heterocycles. The van der Waals surface area contributed by atoms with Gasteiger partial charge in [-0.05, 0) is 43.4 Å². The molecule has 1 aromatic carbocycles. The van der Waals surface area contributed by atoms with Crippen molar-refractivity contribution in [3.8, 4) is 0 Å². The molecule has 1 fully saturated rings. The van der Waals surface area contributed by atoms with Gasteiger partial charge in [0.25, 0.3) is 0 Å². The molecule has 6 nitrogen and oxygen atoms in total. The van der Waals surface area contributed by atoms with Crippen LogP contribution in [0.4, 0.5) is 0 Å². The lowest BCUT2D eigenvalue weighted by molar-refractivity contribution is -0.126. The van der Waals surface area contributed by atoms with Gasteiger partial charge in [0, 0.05) is 13.1 Å². The Morgan fingerprint density at radius 1 is 1.19 bits per heavy atom. The average Bonchev–Trinajstić information content (AvgIpc) is 3.20. The maximum absolute atomic E-state index is 12.7. The smallest absolute Gasteiger partial charge is 0.224 e. The number of hydrogen-bond acceptors (Lipinski definition) is 4. The first-order chi connectivity index (χ1) is 13.0. The minimum Gasteiger partial charge on any atom is -0.467 e. The van der Waals surface area contributed by atoms with Crippen LogP contribution < -0.4 is 5.32 Å². The van der Waals surface area contributed by atoms with Gasteiger partial charge in [-0.15, -0.1) is 0 Å². The summed E-state index contributed by atoms with van der Waals surface area (Å²) in [5, 5.41) is 2.84. The molecule has 0 unspecified atom stereocenters. The SMILES string of the molecule is O=C(NCc1ccco1)[C@@H]1CCCN(S(=O)(=O)CCCc2ccccc2)C1. The van der Waals surface area contributed by atoms with Crippen LogP contribution in [0.15, 0.2) is 53.1 Å². The second-order valence-electron chi connectivity index (χ2n) is 6.90. The Bertz CT molecular complexity index is 819. The fourth-order valence-corrected chi connectivity index (χ4v) is 4.95. The van der Waals surface area contributed by atoms with Crippen molar-refractivity contribution >= 4 is 15.9 Å². The minimum absolute atomic E-state index is 0.114. The number of benzene rings is 1. The molecule has 1 aliphatic rings. The van der Waals surface area contributed by atoms with Crippen molar-refractivity contribution < 1.29 is 17.6 Å². The third-order valence-corrected chi connectivity index (χ3v) is 6.80. The van der Waals surface area contributed by atoms with E-state index < -0.39 is 10.0 Å². The normalized spacial score (nSPS) is 18.3. The Kier molecular flexibility index (Phi) is 6.68. The highest BCUT2D eigenvalue weighted by Crippen LogP contribution is 2.20. The lowest BCUT2D eigenvalue weighted by Gasteiger charge is -2.31. The molecule has 1 aromatic heterocycles. The molecule has 0 saturated carbocycles. The first kappa shape index (κ1) is 19.6. The van der Waals surface area contributed by atoms with E-state index in [1.54, 1.807) is 18.4 Å². The number of piperidine rings is 1. The maximum Gasteiger partial charge on any atom is 0.224 e. The Morgan fingerprint density at radius 2 is 2.00 bits per heavy atom. The van der Waals surface area contributed by atoms with E-state index in [2.05, 4.69) is 5.32 Å². The predicted molar refractivity (Wildman–Crippen MR) is 103 cm³/mol. The summed E-state index contributed by atoms with van der Waals surface area (Å²) in [5.74, 6) is 0.376. The van der Waals surface area contributed by atoms with Gasteiger partial charge >= 0.3 is 0 Å². The summed E-state index contributed by atoms with van der Waals surface area (Å²) in [6.45, 7) is 1.08. The Balaban J connectivity index is 1.49. The van der Waals surface area contributed by atoms with Crippen LogP contribution in [-0.2, 0) is 27.8 Å². The highest BCUT2D eigenvalue weighted by molar-refractivity contribution is 7.89. The molecule has 3 rings (SSSR count). The van der Waals surface area contributed by atoms with Crippen LogP contribution in [0.25, 0.3) is 0 Å². The van der Waals surface area contributed by atoms with E-state index in [1.807, 2.05) is 30.3 Å². The third-order valence-electron chi connectivity index (χ3n) is 4.88. The van der Waals surface area contributed by atoms with E-state index in [1.165, 1.54) is 4.31 Å². The van der Waals surface area contributed by atoms with Gasteiger partial charge in [-0.25, -0.2) is 12.7 Å². The number of sulfonamides is 1. The number of aryl methyl sites for hydroxylation is 1. The summed E-state index contributed by atoms with van der Waals surface area (Å²) < 4.78 is 32.0. The summed E-state index contributed by atoms with van der Waals surface area (Å²) in [6.07, 6.45) is 4.29. The van der Waals surface area contributed by atoms with Crippen LogP contribution in [0.2, 0.25) is 0 Å². The molecule has 146 valence electrons. The van der Waals surface area contributed by atoms with E-state index in [4.69, 9.17) is 4.42 Å². The number of carbonyl (C=O) groups excluding carboxylic acids is 1. The van der Waals surface area contributed by atoms with Crippen molar-refractivity contribution in [3.05, 3.63) is 60.1 Å².